The molecule has 0 radical (unpaired) electrons. The van der Waals surface area contributed by atoms with E-state index in [1.165, 1.54) is 12.0 Å². The summed E-state index contributed by atoms with van der Waals surface area (Å²) in [6, 6.07) is -1.40. The number of hydrogen-bond acceptors (Lipinski definition) is 4. The van der Waals surface area contributed by atoms with Gasteiger partial charge in [-0.05, 0) is 38.8 Å². The number of alkyl halides is 3. The standard InChI is InChI=1S/C13H21F3N2O2.ClH/c1-20-12(19)9-4-5-17-10(7-9)8-18-6-2-3-11(18)13(14,15)16;/h9-11,17H,2-8H2,1H3;1H. The van der Waals surface area contributed by atoms with Crippen LogP contribution in [-0.4, -0.2) is 55.9 Å². The van der Waals surface area contributed by atoms with Crippen molar-refractivity contribution in [2.24, 2.45) is 5.92 Å². The summed E-state index contributed by atoms with van der Waals surface area (Å²) in [6.45, 7) is 1.47. The molecule has 8 heteroatoms. The maximum absolute atomic E-state index is 12.9. The van der Waals surface area contributed by atoms with Gasteiger partial charge in [0.25, 0.3) is 0 Å². The number of carbonyl (C=O) groups is 1. The van der Waals surface area contributed by atoms with Gasteiger partial charge in [0.15, 0.2) is 0 Å². The summed E-state index contributed by atoms with van der Waals surface area (Å²) >= 11 is 0. The molecule has 2 rings (SSSR count). The summed E-state index contributed by atoms with van der Waals surface area (Å²) < 4.78 is 43.4. The quantitative estimate of drug-likeness (QED) is 0.803. The number of nitrogens with one attached hydrogen (secondary N) is 1. The first-order valence-corrected chi connectivity index (χ1v) is 7.03. The summed E-state index contributed by atoms with van der Waals surface area (Å²) in [5.41, 5.74) is 0. The molecular formula is C13H22ClF3N2O2. The van der Waals surface area contributed by atoms with Gasteiger partial charge in [-0.3, -0.25) is 9.69 Å². The van der Waals surface area contributed by atoms with Crippen LogP contribution in [0.3, 0.4) is 0 Å². The Morgan fingerprint density at radius 2 is 2.10 bits per heavy atom. The SMILES string of the molecule is COC(=O)C1CCNC(CN2CCCC2C(F)(F)F)C1.Cl. The van der Waals surface area contributed by atoms with Crippen molar-refractivity contribution in [3.8, 4) is 0 Å². The number of methoxy groups -OCH3 is 1. The Balaban J connectivity index is 0.00000220. The second-order valence-corrected chi connectivity index (χ2v) is 5.59. The van der Waals surface area contributed by atoms with E-state index in [1.807, 2.05) is 0 Å². The number of likely N-dealkylation sites (tertiary alicyclic amines) is 1. The van der Waals surface area contributed by atoms with Gasteiger partial charge in [-0.25, -0.2) is 0 Å². The zero-order valence-electron chi connectivity index (χ0n) is 12.0. The molecule has 0 aromatic heterocycles. The van der Waals surface area contributed by atoms with Crippen LogP contribution in [0.1, 0.15) is 25.7 Å². The Labute approximate surface area is 128 Å². The van der Waals surface area contributed by atoms with Gasteiger partial charge in [0.2, 0.25) is 0 Å². The average molecular weight is 331 g/mol. The lowest BCUT2D eigenvalue weighted by Crippen LogP contribution is -2.51. The van der Waals surface area contributed by atoms with Crippen LogP contribution >= 0.6 is 12.4 Å². The second-order valence-electron chi connectivity index (χ2n) is 5.59. The number of nitrogens with zero attached hydrogens (tertiary/aromatic N) is 1. The molecule has 0 bridgehead atoms. The summed E-state index contributed by atoms with van der Waals surface area (Å²) in [6.07, 6.45) is -2.17. The third-order valence-electron chi connectivity index (χ3n) is 4.23. The van der Waals surface area contributed by atoms with Crippen molar-refractivity contribution < 1.29 is 22.7 Å². The molecule has 2 heterocycles. The molecular weight excluding hydrogens is 309 g/mol. The van der Waals surface area contributed by atoms with Gasteiger partial charge < -0.3 is 10.1 Å². The lowest BCUT2D eigenvalue weighted by molar-refractivity contribution is -0.177. The summed E-state index contributed by atoms with van der Waals surface area (Å²) in [7, 11) is 1.35. The van der Waals surface area contributed by atoms with Crippen LogP contribution in [0, 0.1) is 5.92 Å². The molecule has 3 atom stereocenters. The number of piperidine rings is 1. The highest BCUT2D eigenvalue weighted by atomic mass is 35.5. The fraction of sp³-hybridized carbons (Fsp3) is 0.923. The van der Waals surface area contributed by atoms with Crippen molar-refractivity contribution in [2.75, 3.05) is 26.7 Å². The van der Waals surface area contributed by atoms with Crippen molar-refractivity contribution in [3.63, 3.8) is 0 Å². The molecule has 1 N–H and O–H groups in total. The molecule has 0 aromatic carbocycles. The van der Waals surface area contributed by atoms with Crippen molar-refractivity contribution in [1.82, 2.24) is 10.2 Å². The molecule has 2 saturated heterocycles. The molecule has 21 heavy (non-hydrogen) atoms. The maximum atomic E-state index is 12.9. The van der Waals surface area contributed by atoms with Crippen LogP contribution in [-0.2, 0) is 9.53 Å². The molecule has 3 unspecified atom stereocenters. The minimum absolute atomic E-state index is 0. The van der Waals surface area contributed by atoms with Gasteiger partial charge in [0, 0.05) is 12.6 Å². The average Bonchev–Trinajstić information content (AvgIpc) is 2.86. The number of rotatable bonds is 3. The van der Waals surface area contributed by atoms with E-state index in [0.717, 1.165) is 0 Å². The van der Waals surface area contributed by atoms with Gasteiger partial charge >= 0.3 is 12.1 Å². The number of esters is 1. The predicted molar refractivity (Wildman–Crippen MR) is 74.4 cm³/mol. The Bertz CT molecular complexity index is 355. The number of hydrogen-bond donors (Lipinski definition) is 1. The van der Waals surface area contributed by atoms with E-state index in [-0.39, 0.29) is 36.8 Å². The van der Waals surface area contributed by atoms with Gasteiger partial charge in [-0.15, -0.1) is 12.4 Å². The van der Waals surface area contributed by atoms with E-state index in [1.54, 1.807) is 0 Å². The molecule has 124 valence electrons. The van der Waals surface area contributed by atoms with Crippen molar-refractivity contribution in [1.29, 1.82) is 0 Å². The zero-order valence-corrected chi connectivity index (χ0v) is 12.8. The third kappa shape index (κ3) is 4.72. The van der Waals surface area contributed by atoms with Crippen LogP contribution in [0.2, 0.25) is 0 Å². The van der Waals surface area contributed by atoms with Crippen LogP contribution in [0.5, 0.6) is 0 Å². The molecule has 0 aliphatic carbocycles. The lowest BCUT2D eigenvalue weighted by Gasteiger charge is -2.34. The fourth-order valence-corrected chi connectivity index (χ4v) is 3.22. The molecule has 2 aliphatic heterocycles. The van der Waals surface area contributed by atoms with Gasteiger partial charge in [-0.2, -0.15) is 13.2 Å². The van der Waals surface area contributed by atoms with E-state index in [0.29, 0.717) is 38.9 Å². The Hall–Kier alpha value is -0.530. The van der Waals surface area contributed by atoms with Crippen molar-refractivity contribution in [3.05, 3.63) is 0 Å². The van der Waals surface area contributed by atoms with Crippen molar-refractivity contribution in [2.45, 2.75) is 43.9 Å². The minimum atomic E-state index is -4.16. The highest BCUT2D eigenvalue weighted by Gasteiger charge is 2.46. The summed E-state index contributed by atoms with van der Waals surface area (Å²) in [4.78, 5) is 13.0. The smallest absolute Gasteiger partial charge is 0.404 e. The predicted octanol–water partition coefficient (Wildman–Crippen LogP) is 1.98. The molecule has 0 saturated carbocycles. The van der Waals surface area contributed by atoms with Crippen LogP contribution < -0.4 is 5.32 Å². The van der Waals surface area contributed by atoms with Crippen LogP contribution in [0.25, 0.3) is 0 Å². The van der Waals surface area contributed by atoms with Crippen LogP contribution in [0.4, 0.5) is 13.2 Å². The second kappa shape index (κ2) is 7.65. The number of carbonyl (C=O) groups excluding carboxylic acids is 1. The third-order valence-corrected chi connectivity index (χ3v) is 4.23. The topological polar surface area (TPSA) is 41.6 Å². The first kappa shape index (κ1) is 18.5. The Morgan fingerprint density at radius 1 is 1.38 bits per heavy atom. The van der Waals surface area contributed by atoms with Gasteiger partial charge in [0.1, 0.15) is 6.04 Å². The molecule has 2 aliphatic rings. The number of ether oxygens (including phenoxy) is 1. The monoisotopic (exact) mass is 330 g/mol. The number of halogens is 4. The highest BCUT2D eigenvalue weighted by molar-refractivity contribution is 5.85. The summed E-state index contributed by atoms with van der Waals surface area (Å²) in [5.74, 6) is -0.455. The fourth-order valence-electron chi connectivity index (χ4n) is 3.22. The minimum Gasteiger partial charge on any atom is -0.469 e. The Kier molecular flexibility index (Phi) is 6.74. The van der Waals surface area contributed by atoms with E-state index >= 15 is 0 Å². The normalized spacial score (nSPS) is 30.8. The molecule has 0 amide bonds. The van der Waals surface area contributed by atoms with Gasteiger partial charge in [-0.1, -0.05) is 0 Å². The van der Waals surface area contributed by atoms with Crippen molar-refractivity contribution >= 4 is 18.4 Å². The molecule has 4 nitrogen and oxygen atoms in total. The lowest BCUT2D eigenvalue weighted by atomic mass is 9.92. The largest absolute Gasteiger partial charge is 0.469 e. The summed E-state index contributed by atoms with van der Waals surface area (Å²) in [5, 5.41) is 3.21. The molecule has 0 spiro atoms. The van der Waals surface area contributed by atoms with Crippen LogP contribution in [0.15, 0.2) is 0 Å². The van der Waals surface area contributed by atoms with E-state index in [9.17, 15) is 18.0 Å². The maximum Gasteiger partial charge on any atom is 0.404 e. The van der Waals surface area contributed by atoms with E-state index < -0.39 is 12.2 Å². The first-order chi connectivity index (χ1) is 9.41. The van der Waals surface area contributed by atoms with Gasteiger partial charge in [0.05, 0.1) is 13.0 Å². The Morgan fingerprint density at radius 3 is 2.71 bits per heavy atom. The van der Waals surface area contributed by atoms with E-state index in [4.69, 9.17) is 4.74 Å². The molecule has 0 aromatic rings. The first-order valence-electron chi connectivity index (χ1n) is 7.03. The molecule has 2 fully saturated rings. The van der Waals surface area contributed by atoms with E-state index in [2.05, 4.69) is 5.32 Å². The highest BCUT2D eigenvalue weighted by Crippen LogP contribution is 2.33. The zero-order chi connectivity index (χ0) is 14.8.